The summed E-state index contributed by atoms with van der Waals surface area (Å²) >= 11 is 0. The molecule has 2 aromatic rings. The molecule has 0 spiro atoms. The first-order chi connectivity index (χ1) is 8.81. The molecule has 0 atom stereocenters. The fourth-order valence-electron chi connectivity index (χ4n) is 1.68. The van der Waals surface area contributed by atoms with Crippen molar-refractivity contribution in [3.8, 4) is 0 Å². The smallest absolute Gasteiger partial charge is 0.129 e. The van der Waals surface area contributed by atoms with E-state index in [1.165, 1.54) is 0 Å². The standard InChI is InChI=1S/C14H17NO3/c1-17-10-11-2-4-12(5-3-11)15-8-13-6-7-14(9-16)18-13/h2-7,15-16H,8-10H2,1H3. The number of anilines is 1. The summed E-state index contributed by atoms with van der Waals surface area (Å²) in [5, 5.41) is 12.1. The van der Waals surface area contributed by atoms with Gasteiger partial charge in [-0.2, -0.15) is 0 Å². The van der Waals surface area contributed by atoms with Crippen LogP contribution in [-0.2, 0) is 24.5 Å². The van der Waals surface area contributed by atoms with E-state index in [1.807, 2.05) is 30.3 Å². The van der Waals surface area contributed by atoms with Gasteiger partial charge >= 0.3 is 0 Å². The first-order valence-electron chi connectivity index (χ1n) is 5.82. The second-order valence-electron chi connectivity index (χ2n) is 4.01. The second-order valence-corrected chi connectivity index (χ2v) is 4.01. The zero-order valence-electron chi connectivity index (χ0n) is 10.3. The van der Waals surface area contributed by atoms with Crippen molar-refractivity contribution < 1.29 is 14.3 Å². The van der Waals surface area contributed by atoms with Gasteiger partial charge in [0.1, 0.15) is 18.1 Å². The van der Waals surface area contributed by atoms with Gasteiger partial charge in [-0.15, -0.1) is 0 Å². The molecule has 0 bridgehead atoms. The van der Waals surface area contributed by atoms with Gasteiger partial charge in [0, 0.05) is 12.8 Å². The number of rotatable bonds is 6. The van der Waals surface area contributed by atoms with Crippen LogP contribution in [0.1, 0.15) is 17.1 Å². The molecule has 2 rings (SSSR count). The van der Waals surface area contributed by atoms with Crippen molar-refractivity contribution in [3.63, 3.8) is 0 Å². The van der Waals surface area contributed by atoms with Crippen molar-refractivity contribution in [1.29, 1.82) is 0 Å². The zero-order valence-corrected chi connectivity index (χ0v) is 10.3. The molecular formula is C14H17NO3. The Bertz CT molecular complexity index is 476. The summed E-state index contributed by atoms with van der Waals surface area (Å²) in [4.78, 5) is 0. The lowest BCUT2D eigenvalue weighted by atomic mass is 10.2. The summed E-state index contributed by atoms with van der Waals surface area (Å²) in [5.41, 5.74) is 2.17. The largest absolute Gasteiger partial charge is 0.462 e. The van der Waals surface area contributed by atoms with Crippen molar-refractivity contribution in [2.45, 2.75) is 19.8 Å². The molecule has 0 saturated heterocycles. The average molecular weight is 247 g/mol. The van der Waals surface area contributed by atoms with E-state index in [0.29, 0.717) is 18.9 Å². The predicted octanol–water partition coefficient (Wildman–Crippen LogP) is 2.53. The van der Waals surface area contributed by atoms with Crippen molar-refractivity contribution in [2.75, 3.05) is 12.4 Å². The summed E-state index contributed by atoms with van der Waals surface area (Å²) in [5.74, 6) is 1.39. The molecule has 0 aliphatic rings. The van der Waals surface area contributed by atoms with Crippen LogP contribution in [0, 0.1) is 0 Å². The van der Waals surface area contributed by atoms with Gasteiger partial charge in [0.25, 0.3) is 0 Å². The maximum absolute atomic E-state index is 8.89. The Kier molecular flexibility index (Phi) is 4.39. The van der Waals surface area contributed by atoms with E-state index in [4.69, 9.17) is 14.3 Å². The molecule has 1 aromatic carbocycles. The highest BCUT2D eigenvalue weighted by Gasteiger charge is 2.01. The summed E-state index contributed by atoms with van der Waals surface area (Å²) in [7, 11) is 1.68. The van der Waals surface area contributed by atoms with Gasteiger partial charge in [-0.25, -0.2) is 0 Å². The Labute approximate surface area is 106 Å². The number of benzene rings is 1. The minimum atomic E-state index is -0.0638. The molecular weight excluding hydrogens is 230 g/mol. The predicted molar refractivity (Wildman–Crippen MR) is 69.1 cm³/mol. The third kappa shape index (κ3) is 3.35. The molecule has 4 heteroatoms. The van der Waals surface area contributed by atoms with Crippen molar-refractivity contribution in [3.05, 3.63) is 53.5 Å². The van der Waals surface area contributed by atoms with Crippen LogP contribution in [-0.4, -0.2) is 12.2 Å². The number of nitrogens with one attached hydrogen (secondary N) is 1. The van der Waals surface area contributed by atoms with Crippen LogP contribution in [0.4, 0.5) is 5.69 Å². The van der Waals surface area contributed by atoms with Crippen LogP contribution >= 0.6 is 0 Å². The van der Waals surface area contributed by atoms with Crippen molar-refractivity contribution in [2.24, 2.45) is 0 Å². The molecule has 0 fully saturated rings. The normalized spacial score (nSPS) is 10.6. The zero-order chi connectivity index (χ0) is 12.8. The Balaban J connectivity index is 1.89. The number of aliphatic hydroxyl groups is 1. The molecule has 0 unspecified atom stereocenters. The molecule has 0 saturated carbocycles. The highest BCUT2D eigenvalue weighted by molar-refractivity contribution is 5.44. The lowest BCUT2D eigenvalue weighted by Crippen LogP contribution is -1.98. The van der Waals surface area contributed by atoms with Gasteiger partial charge in [0.15, 0.2) is 0 Å². The molecule has 0 aliphatic heterocycles. The van der Waals surface area contributed by atoms with Crippen molar-refractivity contribution in [1.82, 2.24) is 0 Å². The quantitative estimate of drug-likeness (QED) is 0.823. The molecule has 96 valence electrons. The van der Waals surface area contributed by atoms with Gasteiger partial charge in [-0.05, 0) is 29.8 Å². The van der Waals surface area contributed by atoms with Gasteiger partial charge in [-0.1, -0.05) is 12.1 Å². The van der Waals surface area contributed by atoms with E-state index in [9.17, 15) is 0 Å². The fourth-order valence-corrected chi connectivity index (χ4v) is 1.68. The first kappa shape index (κ1) is 12.7. The van der Waals surface area contributed by atoms with Crippen LogP contribution in [0.15, 0.2) is 40.8 Å². The summed E-state index contributed by atoms with van der Waals surface area (Å²) < 4.78 is 10.4. The molecule has 0 radical (unpaired) electrons. The monoisotopic (exact) mass is 247 g/mol. The SMILES string of the molecule is COCc1ccc(NCc2ccc(CO)o2)cc1. The van der Waals surface area contributed by atoms with E-state index in [1.54, 1.807) is 13.2 Å². The van der Waals surface area contributed by atoms with E-state index >= 15 is 0 Å². The van der Waals surface area contributed by atoms with Crippen LogP contribution in [0.25, 0.3) is 0 Å². The third-order valence-electron chi connectivity index (χ3n) is 2.60. The Hall–Kier alpha value is -1.78. The molecule has 2 N–H and O–H groups in total. The fraction of sp³-hybridized carbons (Fsp3) is 0.286. The minimum Gasteiger partial charge on any atom is -0.462 e. The third-order valence-corrected chi connectivity index (χ3v) is 2.60. The second kappa shape index (κ2) is 6.23. The van der Waals surface area contributed by atoms with E-state index < -0.39 is 0 Å². The highest BCUT2D eigenvalue weighted by Crippen LogP contribution is 2.13. The number of aliphatic hydroxyl groups excluding tert-OH is 1. The summed E-state index contributed by atoms with van der Waals surface area (Å²) in [6.45, 7) is 1.16. The molecule has 1 aromatic heterocycles. The first-order valence-corrected chi connectivity index (χ1v) is 5.82. The van der Waals surface area contributed by atoms with Crippen LogP contribution < -0.4 is 5.32 Å². The number of methoxy groups -OCH3 is 1. The molecule has 18 heavy (non-hydrogen) atoms. The maximum Gasteiger partial charge on any atom is 0.129 e. The van der Waals surface area contributed by atoms with Gasteiger partial charge in [0.05, 0.1) is 13.2 Å². The summed E-state index contributed by atoms with van der Waals surface area (Å²) in [6.07, 6.45) is 0. The van der Waals surface area contributed by atoms with E-state index in [2.05, 4.69) is 5.32 Å². The number of furan rings is 1. The van der Waals surface area contributed by atoms with Crippen LogP contribution in [0.3, 0.4) is 0 Å². The van der Waals surface area contributed by atoms with E-state index in [-0.39, 0.29) is 6.61 Å². The molecule has 0 amide bonds. The highest BCUT2D eigenvalue weighted by atomic mass is 16.5. The Morgan fingerprint density at radius 1 is 1.11 bits per heavy atom. The molecule has 1 heterocycles. The van der Waals surface area contributed by atoms with Crippen molar-refractivity contribution >= 4 is 5.69 Å². The lowest BCUT2D eigenvalue weighted by Gasteiger charge is -2.05. The number of hydrogen-bond acceptors (Lipinski definition) is 4. The van der Waals surface area contributed by atoms with E-state index in [0.717, 1.165) is 17.0 Å². The average Bonchev–Trinajstić information content (AvgIpc) is 2.86. The summed E-state index contributed by atoms with van der Waals surface area (Å²) in [6, 6.07) is 11.7. The molecule has 0 aliphatic carbocycles. The number of hydrogen-bond donors (Lipinski definition) is 2. The Morgan fingerprint density at radius 3 is 2.44 bits per heavy atom. The topological polar surface area (TPSA) is 54.6 Å². The molecule has 4 nitrogen and oxygen atoms in total. The van der Waals surface area contributed by atoms with Gasteiger partial charge in [-0.3, -0.25) is 0 Å². The maximum atomic E-state index is 8.89. The van der Waals surface area contributed by atoms with Crippen LogP contribution in [0.5, 0.6) is 0 Å². The lowest BCUT2D eigenvalue weighted by molar-refractivity contribution is 0.185. The van der Waals surface area contributed by atoms with Gasteiger partial charge < -0.3 is 19.6 Å². The van der Waals surface area contributed by atoms with Crippen LogP contribution in [0.2, 0.25) is 0 Å². The van der Waals surface area contributed by atoms with Gasteiger partial charge in [0.2, 0.25) is 0 Å². The Morgan fingerprint density at radius 2 is 1.83 bits per heavy atom. The minimum absolute atomic E-state index is 0.0638. The number of ether oxygens (including phenoxy) is 1.